The topological polar surface area (TPSA) is 137 Å². The van der Waals surface area contributed by atoms with Crippen LogP contribution in [0.2, 0.25) is 0 Å². The van der Waals surface area contributed by atoms with Crippen molar-refractivity contribution in [2.24, 2.45) is 0 Å². The Bertz CT molecular complexity index is 933. The standard InChI is InChI=1S/C21H23N3O7S/c1-30-18-8-2-15(3-9-18)10-11-22-20(26)13-32-14-21(27)31-12-19(25)23-16-4-6-17(7-5-16)24(28)29/h2-9H,10-14H2,1H3,(H,22,26)(H,23,25). The fourth-order valence-electron chi connectivity index (χ4n) is 2.47. The van der Waals surface area contributed by atoms with Crippen molar-refractivity contribution in [3.63, 3.8) is 0 Å². The molecule has 0 saturated carbocycles. The van der Waals surface area contributed by atoms with Gasteiger partial charge in [0, 0.05) is 24.4 Å². The van der Waals surface area contributed by atoms with Crippen molar-refractivity contribution < 1.29 is 28.8 Å². The predicted octanol–water partition coefficient (Wildman–Crippen LogP) is 2.18. The van der Waals surface area contributed by atoms with Crippen LogP contribution in [0.1, 0.15) is 5.56 Å². The van der Waals surface area contributed by atoms with Crippen LogP contribution in [0.4, 0.5) is 11.4 Å². The van der Waals surface area contributed by atoms with Crippen LogP contribution in [0, 0.1) is 10.1 Å². The Morgan fingerprint density at radius 2 is 1.69 bits per heavy atom. The van der Waals surface area contributed by atoms with Crippen LogP contribution in [0.15, 0.2) is 48.5 Å². The number of rotatable bonds is 12. The second kappa shape index (κ2) is 13.0. The van der Waals surface area contributed by atoms with Crippen LogP contribution in [0.3, 0.4) is 0 Å². The first-order valence-corrected chi connectivity index (χ1v) is 10.7. The molecule has 0 unspecified atom stereocenters. The molecule has 0 aliphatic heterocycles. The largest absolute Gasteiger partial charge is 0.497 e. The number of methoxy groups -OCH3 is 1. The van der Waals surface area contributed by atoms with Crippen molar-refractivity contribution in [1.82, 2.24) is 5.32 Å². The number of anilines is 1. The van der Waals surface area contributed by atoms with Gasteiger partial charge < -0.3 is 20.1 Å². The number of nitro groups is 1. The molecule has 2 N–H and O–H groups in total. The van der Waals surface area contributed by atoms with Crippen LogP contribution in [-0.4, -0.2) is 54.5 Å². The Balaban J connectivity index is 1.56. The van der Waals surface area contributed by atoms with Gasteiger partial charge >= 0.3 is 5.97 Å². The number of nitrogens with zero attached hydrogens (tertiary/aromatic N) is 1. The lowest BCUT2D eigenvalue weighted by molar-refractivity contribution is -0.384. The van der Waals surface area contributed by atoms with E-state index in [0.29, 0.717) is 18.7 Å². The maximum Gasteiger partial charge on any atom is 0.316 e. The summed E-state index contributed by atoms with van der Waals surface area (Å²) in [7, 11) is 1.60. The Labute approximate surface area is 188 Å². The Morgan fingerprint density at radius 3 is 2.31 bits per heavy atom. The van der Waals surface area contributed by atoms with Gasteiger partial charge in [-0.2, -0.15) is 0 Å². The van der Waals surface area contributed by atoms with E-state index < -0.39 is 23.4 Å². The number of thioether (sulfide) groups is 1. The lowest BCUT2D eigenvalue weighted by atomic mass is 10.1. The predicted molar refractivity (Wildman–Crippen MR) is 120 cm³/mol. The van der Waals surface area contributed by atoms with E-state index in [1.807, 2.05) is 24.3 Å². The zero-order chi connectivity index (χ0) is 23.3. The molecule has 0 bridgehead atoms. The van der Waals surface area contributed by atoms with E-state index in [1.54, 1.807) is 7.11 Å². The normalized spacial score (nSPS) is 10.2. The van der Waals surface area contributed by atoms with Crippen molar-refractivity contribution in [3.05, 3.63) is 64.2 Å². The molecular formula is C21H23N3O7S. The summed E-state index contributed by atoms with van der Waals surface area (Å²) in [4.78, 5) is 45.4. The number of nitrogens with one attached hydrogen (secondary N) is 2. The number of benzene rings is 2. The second-order valence-corrected chi connectivity index (χ2v) is 7.44. The highest BCUT2D eigenvalue weighted by molar-refractivity contribution is 8.00. The molecule has 2 rings (SSSR count). The Kier molecular flexibility index (Phi) is 9.98. The molecule has 2 aromatic carbocycles. The first-order chi connectivity index (χ1) is 15.4. The molecule has 0 fully saturated rings. The van der Waals surface area contributed by atoms with Gasteiger partial charge in [-0.25, -0.2) is 0 Å². The highest BCUT2D eigenvalue weighted by Gasteiger charge is 2.11. The average Bonchev–Trinajstić information content (AvgIpc) is 2.78. The van der Waals surface area contributed by atoms with Crippen molar-refractivity contribution in [2.75, 3.05) is 37.1 Å². The molecule has 11 heteroatoms. The summed E-state index contributed by atoms with van der Waals surface area (Å²) in [6, 6.07) is 12.8. The zero-order valence-corrected chi connectivity index (χ0v) is 18.2. The molecule has 0 aliphatic rings. The van der Waals surface area contributed by atoms with Crippen LogP contribution in [0.25, 0.3) is 0 Å². The van der Waals surface area contributed by atoms with Gasteiger partial charge in [0.25, 0.3) is 11.6 Å². The molecule has 0 saturated heterocycles. The average molecular weight is 461 g/mol. The molecule has 0 spiro atoms. The fourth-order valence-corrected chi connectivity index (χ4v) is 3.11. The molecule has 0 aliphatic carbocycles. The van der Waals surface area contributed by atoms with Crippen LogP contribution in [-0.2, 0) is 25.5 Å². The molecule has 0 aromatic heterocycles. The van der Waals surface area contributed by atoms with Crippen LogP contribution >= 0.6 is 11.8 Å². The van der Waals surface area contributed by atoms with E-state index in [4.69, 9.17) is 9.47 Å². The van der Waals surface area contributed by atoms with Crippen LogP contribution in [0.5, 0.6) is 5.75 Å². The van der Waals surface area contributed by atoms with Gasteiger partial charge in [0.2, 0.25) is 5.91 Å². The highest BCUT2D eigenvalue weighted by Crippen LogP contribution is 2.15. The van der Waals surface area contributed by atoms with Gasteiger partial charge in [-0.1, -0.05) is 12.1 Å². The molecule has 32 heavy (non-hydrogen) atoms. The maximum absolute atomic E-state index is 11.8. The molecule has 2 amide bonds. The van der Waals surface area contributed by atoms with E-state index in [0.717, 1.165) is 23.1 Å². The first kappa shape index (κ1) is 24.7. The molecule has 10 nitrogen and oxygen atoms in total. The minimum absolute atomic E-state index is 0.0727. The lowest BCUT2D eigenvalue weighted by Crippen LogP contribution is -2.28. The second-order valence-electron chi connectivity index (χ2n) is 6.45. The SMILES string of the molecule is COc1ccc(CCNC(=O)CSCC(=O)OCC(=O)Nc2ccc([N+](=O)[O-])cc2)cc1. The number of hydrogen-bond donors (Lipinski definition) is 2. The van der Waals surface area contributed by atoms with Gasteiger partial charge in [0.05, 0.1) is 23.5 Å². The van der Waals surface area contributed by atoms with E-state index in [2.05, 4.69) is 10.6 Å². The number of non-ortho nitro benzene ring substituents is 1. The minimum Gasteiger partial charge on any atom is -0.497 e. The van der Waals surface area contributed by atoms with E-state index in [9.17, 15) is 24.5 Å². The number of ether oxygens (including phenoxy) is 2. The zero-order valence-electron chi connectivity index (χ0n) is 17.4. The first-order valence-electron chi connectivity index (χ1n) is 9.54. The number of nitro benzene ring substituents is 1. The summed E-state index contributed by atoms with van der Waals surface area (Å²) in [5.41, 5.74) is 1.31. The Morgan fingerprint density at radius 1 is 1.00 bits per heavy atom. The molecule has 0 heterocycles. The maximum atomic E-state index is 11.8. The lowest BCUT2D eigenvalue weighted by Gasteiger charge is -2.07. The Hall–Kier alpha value is -3.60. The van der Waals surface area contributed by atoms with E-state index in [1.165, 1.54) is 24.3 Å². The van der Waals surface area contributed by atoms with Crippen LogP contribution < -0.4 is 15.4 Å². The molecular weight excluding hydrogens is 438 g/mol. The third kappa shape index (κ3) is 9.04. The molecule has 170 valence electrons. The fraction of sp³-hybridized carbons (Fsp3) is 0.286. The summed E-state index contributed by atoms with van der Waals surface area (Å²) in [6.07, 6.45) is 0.673. The number of carbonyl (C=O) groups is 3. The molecule has 0 atom stereocenters. The molecule has 2 aromatic rings. The number of carbonyl (C=O) groups excluding carboxylic acids is 3. The third-order valence-corrected chi connectivity index (χ3v) is 4.98. The number of esters is 1. The number of amides is 2. The summed E-state index contributed by atoms with van der Waals surface area (Å²) in [5, 5.41) is 15.8. The van der Waals surface area contributed by atoms with Crippen molar-refractivity contribution >= 4 is 40.9 Å². The van der Waals surface area contributed by atoms with Gasteiger partial charge in [-0.15, -0.1) is 11.8 Å². The van der Waals surface area contributed by atoms with Gasteiger partial charge in [0.15, 0.2) is 6.61 Å². The van der Waals surface area contributed by atoms with Gasteiger partial charge in [-0.3, -0.25) is 24.5 Å². The summed E-state index contributed by atoms with van der Waals surface area (Å²) < 4.78 is 9.95. The minimum atomic E-state index is -0.625. The van der Waals surface area contributed by atoms with Gasteiger partial charge in [0.1, 0.15) is 5.75 Å². The summed E-state index contributed by atoms with van der Waals surface area (Å²) in [5.74, 6) is -0.617. The molecule has 0 radical (unpaired) electrons. The van der Waals surface area contributed by atoms with Crippen molar-refractivity contribution in [3.8, 4) is 5.75 Å². The smallest absolute Gasteiger partial charge is 0.316 e. The quantitative estimate of drug-likeness (QED) is 0.279. The summed E-state index contributed by atoms with van der Waals surface area (Å²) >= 11 is 1.08. The van der Waals surface area contributed by atoms with E-state index >= 15 is 0 Å². The number of hydrogen-bond acceptors (Lipinski definition) is 8. The monoisotopic (exact) mass is 461 g/mol. The van der Waals surface area contributed by atoms with Crippen molar-refractivity contribution in [1.29, 1.82) is 0 Å². The van der Waals surface area contributed by atoms with E-state index in [-0.39, 0.29) is 23.1 Å². The summed E-state index contributed by atoms with van der Waals surface area (Å²) in [6.45, 7) is -0.0244. The van der Waals surface area contributed by atoms with Gasteiger partial charge in [-0.05, 0) is 36.2 Å². The third-order valence-electron chi connectivity index (χ3n) is 4.07. The highest BCUT2D eigenvalue weighted by atomic mass is 32.2. The van der Waals surface area contributed by atoms with Crippen molar-refractivity contribution in [2.45, 2.75) is 6.42 Å².